The molecule has 1 aromatic carbocycles. The van der Waals surface area contributed by atoms with E-state index in [0.29, 0.717) is 0 Å². The molecule has 0 bridgehead atoms. The molecule has 3 radical (unpaired) electrons. The summed E-state index contributed by atoms with van der Waals surface area (Å²) in [5.74, 6) is 0. The van der Waals surface area contributed by atoms with Gasteiger partial charge >= 0.3 is 68.6 Å². The van der Waals surface area contributed by atoms with Gasteiger partial charge in [-0.25, -0.2) is 0 Å². The summed E-state index contributed by atoms with van der Waals surface area (Å²) in [6, 6.07) is 10.3. The van der Waals surface area contributed by atoms with Crippen LogP contribution in [0.2, 0.25) is 0 Å². The van der Waals surface area contributed by atoms with Gasteiger partial charge in [-0.2, -0.15) is 0 Å². The Labute approximate surface area is 68.7 Å². The molecule has 0 aliphatic heterocycles. The third-order valence-electron chi connectivity index (χ3n) is 1.08. The molecular weight excluding hydrogens is 215 g/mol. The van der Waals surface area contributed by atoms with Crippen LogP contribution in [0.4, 0.5) is 0 Å². The van der Waals surface area contributed by atoms with Gasteiger partial charge in [0.15, 0.2) is 0 Å². The van der Waals surface area contributed by atoms with Crippen LogP contribution in [0.5, 0.6) is 0 Å². The van der Waals surface area contributed by atoms with Crippen LogP contribution < -0.4 is 0 Å². The van der Waals surface area contributed by atoms with Crippen LogP contribution in [0.15, 0.2) is 34.4 Å². The first-order valence-electron chi connectivity index (χ1n) is 2.82. The van der Waals surface area contributed by atoms with Crippen LogP contribution >= 0.6 is 0 Å². The van der Waals surface area contributed by atoms with Gasteiger partial charge in [-0.15, -0.1) is 0 Å². The second-order valence-electron chi connectivity index (χ2n) is 1.74. The van der Waals surface area contributed by atoms with E-state index in [-0.39, 0.29) is 0 Å². The minimum absolute atomic E-state index is 1.29. The van der Waals surface area contributed by atoms with E-state index in [2.05, 4.69) is 22.3 Å². The van der Waals surface area contributed by atoms with Crippen LogP contribution in [-0.2, 0) is 0 Å². The normalized spacial score (nSPS) is 10.3. The van der Waals surface area contributed by atoms with Gasteiger partial charge in [-0.3, -0.25) is 0 Å². The van der Waals surface area contributed by atoms with Crippen LogP contribution in [0, 0.1) is 0 Å². The quantitative estimate of drug-likeness (QED) is 0.635. The molecule has 0 unspecified atom stereocenters. The van der Waals surface area contributed by atoms with Crippen molar-refractivity contribution < 1.29 is 0 Å². The maximum atomic E-state index is 2.13. The van der Waals surface area contributed by atoms with Gasteiger partial charge in [0.05, 0.1) is 0 Å². The fraction of sp³-hybridized carbons (Fsp3) is 0. The third-order valence-corrected chi connectivity index (χ3v) is 1.55. The maximum absolute atomic E-state index is 2.13. The van der Waals surface area contributed by atoms with Crippen molar-refractivity contribution in [1.82, 2.24) is 0 Å². The molecule has 0 saturated carbocycles. The Morgan fingerprint density at radius 3 is 2.33 bits per heavy atom. The summed E-state index contributed by atoms with van der Waals surface area (Å²) < 4.78 is 2.13. The summed E-state index contributed by atoms with van der Waals surface area (Å²) in [6.07, 6.45) is 2.12. The van der Waals surface area contributed by atoms with Gasteiger partial charge in [0.1, 0.15) is 0 Å². The molecule has 0 heterocycles. The number of benzene rings is 1. The van der Waals surface area contributed by atoms with Crippen molar-refractivity contribution in [2.75, 3.05) is 0 Å². The SMILES string of the molecule is [Sn][CH]=Cc1ccccc1. The molecule has 0 nitrogen and oxygen atoms in total. The molecule has 0 atom stereocenters. The molecule has 1 heteroatoms. The van der Waals surface area contributed by atoms with Gasteiger partial charge in [0, 0.05) is 0 Å². The molecule has 0 N–H and O–H groups in total. The summed E-state index contributed by atoms with van der Waals surface area (Å²) >= 11 is 1.45. The van der Waals surface area contributed by atoms with E-state index < -0.39 is 0 Å². The average Bonchev–Trinajstić information content (AvgIpc) is 1.91. The minimum atomic E-state index is 1.29. The summed E-state index contributed by atoms with van der Waals surface area (Å²) in [5, 5.41) is 0. The van der Waals surface area contributed by atoms with Gasteiger partial charge < -0.3 is 0 Å². The molecule has 0 fully saturated rings. The molecule has 0 aliphatic carbocycles. The monoisotopic (exact) mass is 223 g/mol. The molecule has 0 amide bonds. The molecular formula is C8H7Sn. The van der Waals surface area contributed by atoms with Crippen LogP contribution in [0.25, 0.3) is 6.08 Å². The fourth-order valence-electron chi connectivity index (χ4n) is 0.660. The Morgan fingerprint density at radius 1 is 1.11 bits per heavy atom. The third kappa shape index (κ3) is 2.22. The van der Waals surface area contributed by atoms with E-state index >= 15 is 0 Å². The standard InChI is InChI=1S/C8H7.Sn/c1-2-8-6-4-3-5-7-8;/h1-7H;. The zero-order chi connectivity index (χ0) is 6.53. The molecule has 0 aliphatic rings. The van der Waals surface area contributed by atoms with Gasteiger partial charge in [0.2, 0.25) is 0 Å². The van der Waals surface area contributed by atoms with Crippen molar-refractivity contribution in [3.05, 3.63) is 40.0 Å². The zero-order valence-corrected chi connectivity index (χ0v) is 7.90. The fourth-order valence-corrected chi connectivity index (χ4v) is 1.21. The van der Waals surface area contributed by atoms with E-state index in [1.54, 1.807) is 0 Å². The molecule has 0 saturated heterocycles. The first kappa shape index (κ1) is 6.87. The number of hydrogen-bond acceptors (Lipinski definition) is 0. The summed E-state index contributed by atoms with van der Waals surface area (Å²) in [4.78, 5) is 0. The second-order valence-corrected chi connectivity index (χ2v) is 2.70. The summed E-state index contributed by atoms with van der Waals surface area (Å²) in [5.41, 5.74) is 1.29. The Hall–Kier alpha value is -0.241. The van der Waals surface area contributed by atoms with Crippen LogP contribution in [0.1, 0.15) is 5.56 Å². The first-order chi connectivity index (χ1) is 4.43. The van der Waals surface area contributed by atoms with Crippen LogP contribution in [-0.4, -0.2) is 22.5 Å². The van der Waals surface area contributed by atoms with E-state index in [1.165, 1.54) is 28.1 Å². The Balaban J connectivity index is 2.85. The molecule has 1 aromatic rings. The molecule has 0 aromatic heterocycles. The number of rotatable bonds is 1. The first-order valence-corrected chi connectivity index (χ1v) is 4.47. The van der Waals surface area contributed by atoms with E-state index in [4.69, 9.17) is 0 Å². The van der Waals surface area contributed by atoms with E-state index in [1.807, 2.05) is 18.2 Å². The predicted octanol–water partition coefficient (Wildman–Crippen LogP) is 1.83. The van der Waals surface area contributed by atoms with Gasteiger partial charge in [0.25, 0.3) is 0 Å². The molecule has 9 heavy (non-hydrogen) atoms. The number of hydrogen-bond donors (Lipinski definition) is 0. The van der Waals surface area contributed by atoms with Crippen molar-refractivity contribution in [3.8, 4) is 0 Å². The van der Waals surface area contributed by atoms with E-state index in [0.717, 1.165) is 0 Å². The zero-order valence-electron chi connectivity index (χ0n) is 5.04. The Kier molecular flexibility index (Phi) is 2.84. The van der Waals surface area contributed by atoms with Crippen molar-refractivity contribution in [2.45, 2.75) is 0 Å². The van der Waals surface area contributed by atoms with Crippen molar-refractivity contribution in [1.29, 1.82) is 0 Å². The van der Waals surface area contributed by atoms with Crippen molar-refractivity contribution in [2.24, 2.45) is 0 Å². The second kappa shape index (κ2) is 3.72. The topological polar surface area (TPSA) is 0 Å². The predicted molar refractivity (Wildman–Crippen MR) is 41.2 cm³/mol. The molecule has 1 rings (SSSR count). The van der Waals surface area contributed by atoms with Gasteiger partial charge in [-0.1, -0.05) is 0 Å². The van der Waals surface area contributed by atoms with Crippen molar-refractivity contribution in [3.63, 3.8) is 0 Å². The average molecular weight is 222 g/mol. The summed E-state index contributed by atoms with van der Waals surface area (Å²) in [7, 11) is 0. The Bertz CT molecular complexity index is 189. The van der Waals surface area contributed by atoms with Crippen LogP contribution in [0.3, 0.4) is 0 Å². The van der Waals surface area contributed by atoms with Gasteiger partial charge in [-0.05, 0) is 0 Å². The van der Waals surface area contributed by atoms with Crippen molar-refractivity contribution >= 4 is 28.6 Å². The Morgan fingerprint density at radius 2 is 1.78 bits per heavy atom. The molecule has 43 valence electrons. The summed E-state index contributed by atoms with van der Waals surface area (Å²) in [6.45, 7) is 0. The molecule has 0 spiro atoms. The van der Waals surface area contributed by atoms with E-state index in [9.17, 15) is 0 Å².